The zero-order valence-corrected chi connectivity index (χ0v) is 12.8. The average Bonchev–Trinajstić information content (AvgIpc) is 2.85. The van der Waals surface area contributed by atoms with Gasteiger partial charge in [0.05, 0.1) is 5.39 Å². The second kappa shape index (κ2) is 5.45. The predicted octanol–water partition coefficient (Wildman–Crippen LogP) is 4.69. The lowest BCUT2D eigenvalue weighted by atomic mass is 10.2. The Bertz CT molecular complexity index is 731. The molecule has 2 heterocycles. The first kappa shape index (κ1) is 12.8. The lowest BCUT2D eigenvalue weighted by Gasteiger charge is -2.08. The molecule has 0 fully saturated rings. The van der Waals surface area contributed by atoms with Crippen molar-refractivity contribution in [1.82, 2.24) is 9.97 Å². The first-order valence-corrected chi connectivity index (χ1v) is 7.56. The van der Waals surface area contributed by atoms with Gasteiger partial charge in [0.1, 0.15) is 11.4 Å². The molecule has 0 spiro atoms. The van der Waals surface area contributed by atoms with Crippen LogP contribution in [0.2, 0.25) is 5.28 Å². The fraction of sp³-hybridized carbons (Fsp3) is 0.0769. The molecule has 3 nitrogen and oxygen atoms in total. The number of hydrogen-bond acceptors (Lipinski definition) is 4. The maximum atomic E-state index is 5.89. The summed E-state index contributed by atoms with van der Waals surface area (Å²) in [5, 5.41) is 3.04. The molecule has 0 N–H and O–H groups in total. The first-order chi connectivity index (χ1) is 9.24. The molecule has 0 saturated carbocycles. The van der Waals surface area contributed by atoms with Gasteiger partial charge in [-0.1, -0.05) is 34.1 Å². The minimum absolute atomic E-state index is 0.206. The number of benzene rings is 1. The Labute approximate surface area is 127 Å². The van der Waals surface area contributed by atoms with Gasteiger partial charge in [-0.25, -0.2) is 4.98 Å². The quantitative estimate of drug-likeness (QED) is 0.640. The lowest BCUT2D eigenvalue weighted by molar-refractivity contribution is 0.297. The van der Waals surface area contributed by atoms with E-state index in [0.29, 0.717) is 12.5 Å². The lowest BCUT2D eigenvalue weighted by Crippen LogP contribution is -1.99. The van der Waals surface area contributed by atoms with Gasteiger partial charge in [-0.3, -0.25) is 0 Å². The van der Waals surface area contributed by atoms with E-state index in [0.717, 1.165) is 20.3 Å². The molecule has 19 heavy (non-hydrogen) atoms. The van der Waals surface area contributed by atoms with Gasteiger partial charge in [-0.15, -0.1) is 11.3 Å². The van der Waals surface area contributed by atoms with Gasteiger partial charge < -0.3 is 4.74 Å². The highest BCUT2D eigenvalue weighted by molar-refractivity contribution is 9.10. The van der Waals surface area contributed by atoms with Crippen LogP contribution in [0.15, 0.2) is 40.2 Å². The van der Waals surface area contributed by atoms with E-state index >= 15 is 0 Å². The molecule has 96 valence electrons. The van der Waals surface area contributed by atoms with Gasteiger partial charge in [0.15, 0.2) is 0 Å². The van der Waals surface area contributed by atoms with Crippen LogP contribution in [0.1, 0.15) is 5.56 Å². The molecule has 0 unspecified atom stereocenters. The van der Waals surface area contributed by atoms with Crippen LogP contribution < -0.4 is 4.74 Å². The summed E-state index contributed by atoms with van der Waals surface area (Å²) in [7, 11) is 0. The zero-order chi connectivity index (χ0) is 13.2. The molecule has 0 amide bonds. The Balaban J connectivity index is 1.90. The minimum atomic E-state index is 0.206. The van der Waals surface area contributed by atoms with E-state index in [4.69, 9.17) is 16.3 Å². The van der Waals surface area contributed by atoms with Crippen molar-refractivity contribution in [3.63, 3.8) is 0 Å². The van der Waals surface area contributed by atoms with Crippen molar-refractivity contribution in [2.75, 3.05) is 0 Å². The number of fused-ring (bicyclic) bond motifs is 1. The normalized spacial score (nSPS) is 10.8. The first-order valence-electron chi connectivity index (χ1n) is 5.51. The van der Waals surface area contributed by atoms with E-state index in [1.54, 1.807) is 0 Å². The highest BCUT2D eigenvalue weighted by Crippen LogP contribution is 2.29. The molecule has 0 bridgehead atoms. The number of hydrogen-bond donors (Lipinski definition) is 0. The Morgan fingerprint density at radius 1 is 1.21 bits per heavy atom. The van der Waals surface area contributed by atoms with Crippen LogP contribution in [0.25, 0.3) is 10.2 Å². The number of ether oxygens (including phenoxy) is 1. The van der Waals surface area contributed by atoms with Crippen molar-refractivity contribution in [3.8, 4) is 5.88 Å². The van der Waals surface area contributed by atoms with Crippen LogP contribution in [0.5, 0.6) is 5.88 Å². The predicted molar refractivity (Wildman–Crippen MR) is 80.9 cm³/mol. The van der Waals surface area contributed by atoms with Crippen LogP contribution in [0.4, 0.5) is 0 Å². The summed E-state index contributed by atoms with van der Waals surface area (Å²) in [5.41, 5.74) is 1.06. The van der Waals surface area contributed by atoms with E-state index < -0.39 is 0 Å². The summed E-state index contributed by atoms with van der Waals surface area (Å²) >= 11 is 10.9. The average molecular weight is 356 g/mol. The SMILES string of the molecule is Clc1nc(OCc2ccccc2Br)c2ccsc2n1. The van der Waals surface area contributed by atoms with Crippen LogP contribution in [-0.2, 0) is 6.61 Å². The largest absolute Gasteiger partial charge is 0.472 e. The van der Waals surface area contributed by atoms with E-state index in [2.05, 4.69) is 25.9 Å². The minimum Gasteiger partial charge on any atom is -0.472 e. The van der Waals surface area contributed by atoms with Crippen molar-refractivity contribution < 1.29 is 4.74 Å². The third kappa shape index (κ3) is 2.73. The Morgan fingerprint density at radius 2 is 2.05 bits per heavy atom. The Kier molecular flexibility index (Phi) is 3.68. The molecule has 0 aliphatic rings. The zero-order valence-electron chi connectivity index (χ0n) is 9.64. The highest BCUT2D eigenvalue weighted by atomic mass is 79.9. The van der Waals surface area contributed by atoms with Gasteiger partial charge in [0.25, 0.3) is 0 Å². The second-order valence-electron chi connectivity index (χ2n) is 3.82. The summed E-state index contributed by atoms with van der Waals surface area (Å²) in [5.74, 6) is 0.520. The van der Waals surface area contributed by atoms with Crippen molar-refractivity contribution in [1.29, 1.82) is 0 Å². The van der Waals surface area contributed by atoms with E-state index in [9.17, 15) is 0 Å². The van der Waals surface area contributed by atoms with Crippen LogP contribution in [-0.4, -0.2) is 9.97 Å². The second-order valence-corrected chi connectivity index (χ2v) is 5.90. The van der Waals surface area contributed by atoms with Gasteiger partial charge >= 0.3 is 0 Å². The van der Waals surface area contributed by atoms with Gasteiger partial charge in [-0.05, 0) is 29.1 Å². The van der Waals surface area contributed by atoms with E-state index in [1.807, 2.05) is 35.7 Å². The third-order valence-electron chi connectivity index (χ3n) is 2.59. The molecule has 0 aliphatic heterocycles. The standard InChI is InChI=1S/C13H8BrClN2OS/c14-10-4-2-1-3-8(10)7-18-11-9-5-6-19-12(9)17-13(15)16-11/h1-6H,7H2. The maximum Gasteiger partial charge on any atom is 0.227 e. The molecule has 0 saturated heterocycles. The van der Waals surface area contributed by atoms with Crippen LogP contribution >= 0.6 is 38.9 Å². The molecule has 0 aliphatic carbocycles. The van der Waals surface area contributed by atoms with E-state index in [-0.39, 0.29) is 5.28 Å². The summed E-state index contributed by atoms with van der Waals surface area (Å²) in [6.07, 6.45) is 0. The molecule has 3 aromatic rings. The van der Waals surface area contributed by atoms with Crippen LogP contribution in [0.3, 0.4) is 0 Å². The topological polar surface area (TPSA) is 35.0 Å². The molecular formula is C13H8BrClN2OS. The van der Waals surface area contributed by atoms with Crippen molar-refractivity contribution >= 4 is 49.1 Å². The fourth-order valence-electron chi connectivity index (χ4n) is 1.68. The smallest absolute Gasteiger partial charge is 0.227 e. The summed E-state index contributed by atoms with van der Waals surface area (Å²) < 4.78 is 6.78. The van der Waals surface area contributed by atoms with Crippen molar-refractivity contribution in [2.45, 2.75) is 6.61 Å². The summed E-state index contributed by atoms with van der Waals surface area (Å²) in [6, 6.07) is 9.85. The van der Waals surface area contributed by atoms with Crippen molar-refractivity contribution in [2.24, 2.45) is 0 Å². The fourth-order valence-corrected chi connectivity index (χ4v) is 3.04. The monoisotopic (exact) mass is 354 g/mol. The molecule has 2 aromatic heterocycles. The maximum absolute atomic E-state index is 5.89. The molecule has 3 rings (SSSR count). The van der Waals surface area contributed by atoms with Gasteiger partial charge in [0, 0.05) is 10.0 Å². The van der Waals surface area contributed by atoms with Crippen LogP contribution in [0, 0.1) is 0 Å². The molecular weight excluding hydrogens is 348 g/mol. The number of halogens is 2. The van der Waals surface area contributed by atoms with Gasteiger partial charge in [0.2, 0.25) is 11.2 Å². The molecule has 1 aromatic carbocycles. The van der Waals surface area contributed by atoms with E-state index in [1.165, 1.54) is 11.3 Å². The number of aromatic nitrogens is 2. The number of rotatable bonds is 3. The highest BCUT2D eigenvalue weighted by Gasteiger charge is 2.09. The van der Waals surface area contributed by atoms with Crippen molar-refractivity contribution in [3.05, 3.63) is 51.0 Å². The Hall–Kier alpha value is -1.17. The number of thiophene rings is 1. The Morgan fingerprint density at radius 3 is 2.89 bits per heavy atom. The summed E-state index contributed by atoms with van der Waals surface area (Å²) in [4.78, 5) is 9.13. The van der Waals surface area contributed by atoms with Gasteiger partial charge in [-0.2, -0.15) is 4.98 Å². The number of nitrogens with zero attached hydrogens (tertiary/aromatic N) is 2. The molecule has 0 radical (unpaired) electrons. The molecule has 0 atom stereocenters. The summed E-state index contributed by atoms with van der Waals surface area (Å²) in [6.45, 7) is 0.430. The third-order valence-corrected chi connectivity index (χ3v) is 4.33. The molecule has 6 heteroatoms.